The summed E-state index contributed by atoms with van der Waals surface area (Å²) < 4.78 is 5.73. The maximum atomic E-state index is 12.8. The van der Waals surface area contributed by atoms with Gasteiger partial charge in [-0.25, -0.2) is 0 Å². The van der Waals surface area contributed by atoms with Gasteiger partial charge in [-0.2, -0.15) is 0 Å². The summed E-state index contributed by atoms with van der Waals surface area (Å²) in [7, 11) is 0. The lowest BCUT2D eigenvalue weighted by atomic mass is 10.0. The molecule has 4 nitrogen and oxygen atoms in total. The van der Waals surface area contributed by atoms with E-state index in [-0.39, 0.29) is 28.6 Å². The second-order valence-corrected chi connectivity index (χ2v) is 7.23. The van der Waals surface area contributed by atoms with E-state index in [1.807, 2.05) is 37.3 Å². The number of ketones is 2. The summed E-state index contributed by atoms with van der Waals surface area (Å²) in [5, 5.41) is 11.0. The van der Waals surface area contributed by atoms with Crippen LogP contribution in [-0.2, 0) is 0 Å². The number of phenolic OH excluding ortho intramolecular Hbond substituents is 1. The molecule has 0 atom stereocenters. The molecule has 4 rings (SSSR count). The number of aryl methyl sites for hydroxylation is 2. The maximum absolute atomic E-state index is 12.8. The van der Waals surface area contributed by atoms with Crippen molar-refractivity contribution in [3.63, 3.8) is 0 Å². The van der Waals surface area contributed by atoms with Crippen LogP contribution in [0.5, 0.6) is 5.75 Å². The van der Waals surface area contributed by atoms with E-state index in [4.69, 9.17) is 4.42 Å². The number of carbonyl (C=O) groups excluding carboxylic acids is 2. The molecule has 0 fully saturated rings. The summed E-state index contributed by atoms with van der Waals surface area (Å²) in [5.41, 5.74) is 3.70. The number of allylic oxidation sites excluding steroid dienone is 1. The quantitative estimate of drug-likeness (QED) is 0.338. The molecule has 0 bridgehead atoms. The Kier molecular flexibility index (Phi) is 5.07. The van der Waals surface area contributed by atoms with Gasteiger partial charge in [0, 0.05) is 22.6 Å². The first kappa shape index (κ1) is 19.4. The lowest BCUT2D eigenvalue weighted by Gasteiger charge is -2.01. The molecular weight excluding hydrogens is 376 g/mol. The summed E-state index contributed by atoms with van der Waals surface area (Å²) >= 11 is 0. The summed E-state index contributed by atoms with van der Waals surface area (Å²) in [6.07, 6.45) is 3.13. The molecule has 0 unspecified atom stereocenters. The van der Waals surface area contributed by atoms with Crippen molar-refractivity contribution in [2.75, 3.05) is 0 Å². The van der Waals surface area contributed by atoms with Crippen molar-refractivity contribution < 1.29 is 19.1 Å². The lowest BCUT2D eigenvalue weighted by molar-refractivity contribution is 0.101. The standard InChI is InChI=1S/C26H20O4/c1-16-8-10-18(11-9-16)12-13-22(27)21-14-20-17(2)26(30-24(20)15-23(21)28)25(29)19-6-4-3-5-7-19/h3-15,28H,1-2H3/b13-12+. The minimum atomic E-state index is -0.327. The predicted octanol–water partition coefficient (Wildman–Crippen LogP) is 5.88. The summed E-state index contributed by atoms with van der Waals surface area (Å²) in [4.78, 5) is 25.5. The molecule has 4 aromatic rings. The molecule has 1 aromatic heterocycles. The number of hydrogen-bond acceptors (Lipinski definition) is 4. The third-order valence-corrected chi connectivity index (χ3v) is 5.07. The van der Waals surface area contributed by atoms with Crippen LogP contribution in [0, 0.1) is 13.8 Å². The van der Waals surface area contributed by atoms with Crippen LogP contribution < -0.4 is 0 Å². The Bertz CT molecular complexity index is 1280. The van der Waals surface area contributed by atoms with E-state index < -0.39 is 0 Å². The van der Waals surface area contributed by atoms with Crippen molar-refractivity contribution in [3.8, 4) is 5.75 Å². The Morgan fingerprint density at radius 3 is 2.33 bits per heavy atom. The van der Waals surface area contributed by atoms with Gasteiger partial charge in [0.25, 0.3) is 0 Å². The summed E-state index contributed by atoms with van der Waals surface area (Å²) in [5.74, 6) is -0.550. The molecule has 1 heterocycles. The molecule has 1 N–H and O–H groups in total. The highest BCUT2D eigenvalue weighted by atomic mass is 16.3. The number of fused-ring (bicyclic) bond motifs is 1. The highest BCUT2D eigenvalue weighted by Gasteiger charge is 2.21. The molecule has 0 radical (unpaired) electrons. The molecule has 3 aromatic carbocycles. The Morgan fingerprint density at radius 2 is 1.63 bits per heavy atom. The topological polar surface area (TPSA) is 67.5 Å². The number of rotatable bonds is 5. The average Bonchev–Trinajstić information content (AvgIpc) is 3.08. The van der Waals surface area contributed by atoms with Crippen LogP contribution in [0.1, 0.15) is 43.2 Å². The summed E-state index contributed by atoms with van der Waals surface area (Å²) in [6.45, 7) is 3.77. The van der Waals surface area contributed by atoms with Crippen molar-refractivity contribution in [1.29, 1.82) is 0 Å². The van der Waals surface area contributed by atoms with Crippen LogP contribution >= 0.6 is 0 Å². The van der Waals surface area contributed by atoms with Crippen molar-refractivity contribution >= 4 is 28.6 Å². The van der Waals surface area contributed by atoms with Crippen LogP contribution in [0.25, 0.3) is 17.0 Å². The molecule has 0 aliphatic heterocycles. The number of carbonyl (C=O) groups is 2. The zero-order valence-corrected chi connectivity index (χ0v) is 16.7. The molecule has 0 saturated carbocycles. The monoisotopic (exact) mass is 396 g/mol. The zero-order valence-electron chi connectivity index (χ0n) is 16.7. The largest absolute Gasteiger partial charge is 0.507 e. The fourth-order valence-electron chi connectivity index (χ4n) is 3.33. The van der Waals surface area contributed by atoms with Crippen LogP contribution in [0.3, 0.4) is 0 Å². The van der Waals surface area contributed by atoms with E-state index in [0.29, 0.717) is 22.1 Å². The fourth-order valence-corrected chi connectivity index (χ4v) is 3.33. The van der Waals surface area contributed by atoms with Gasteiger partial charge in [-0.3, -0.25) is 9.59 Å². The van der Waals surface area contributed by atoms with Gasteiger partial charge in [-0.05, 0) is 31.6 Å². The van der Waals surface area contributed by atoms with E-state index >= 15 is 0 Å². The number of furan rings is 1. The van der Waals surface area contributed by atoms with Crippen LogP contribution in [0.4, 0.5) is 0 Å². The van der Waals surface area contributed by atoms with Crippen LogP contribution in [0.2, 0.25) is 0 Å². The van der Waals surface area contributed by atoms with Gasteiger partial charge in [-0.1, -0.05) is 66.2 Å². The van der Waals surface area contributed by atoms with E-state index in [0.717, 1.165) is 11.1 Å². The molecule has 4 heteroatoms. The van der Waals surface area contributed by atoms with Gasteiger partial charge in [0.1, 0.15) is 11.3 Å². The third kappa shape index (κ3) is 3.67. The van der Waals surface area contributed by atoms with E-state index in [1.54, 1.807) is 43.3 Å². The number of aromatic hydroxyl groups is 1. The highest BCUT2D eigenvalue weighted by Crippen LogP contribution is 2.32. The van der Waals surface area contributed by atoms with E-state index in [1.165, 1.54) is 12.1 Å². The molecule has 0 amide bonds. The van der Waals surface area contributed by atoms with Gasteiger partial charge in [0.2, 0.25) is 5.78 Å². The smallest absolute Gasteiger partial charge is 0.228 e. The molecule has 0 aliphatic carbocycles. The Hall–Kier alpha value is -3.92. The highest BCUT2D eigenvalue weighted by molar-refractivity contribution is 6.13. The van der Waals surface area contributed by atoms with Crippen molar-refractivity contribution in [3.05, 3.63) is 106 Å². The first-order chi connectivity index (χ1) is 14.4. The van der Waals surface area contributed by atoms with Gasteiger partial charge >= 0.3 is 0 Å². The van der Waals surface area contributed by atoms with Crippen LogP contribution in [0.15, 0.2) is 77.2 Å². The molecule has 30 heavy (non-hydrogen) atoms. The first-order valence-corrected chi connectivity index (χ1v) is 9.59. The normalized spacial score (nSPS) is 11.3. The SMILES string of the molecule is Cc1ccc(/C=C/C(=O)c2cc3c(C)c(C(=O)c4ccccc4)oc3cc2O)cc1. The predicted molar refractivity (Wildman–Crippen MR) is 117 cm³/mol. The Balaban J connectivity index is 1.69. The second-order valence-electron chi connectivity index (χ2n) is 7.23. The average molecular weight is 396 g/mol. The first-order valence-electron chi connectivity index (χ1n) is 9.59. The lowest BCUT2D eigenvalue weighted by Crippen LogP contribution is -2.00. The minimum absolute atomic E-state index is 0.161. The number of hydrogen-bond donors (Lipinski definition) is 1. The number of benzene rings is 3. The molecular formula is C26H20O4. The summed E-state index contributed by atoms with van der Waals surface area (Å²) in [6, 6.07) is 19.6. The van der Waals surface area contributed by atoms with Gasteiger partial charge in [0.05, 0.1) is 5.56 Å². The molecule has 0 spiro atoms. The van der Waals surface area contributed by atoms with Crippen LogP contribution in [-0.4, -0.2) is 16.7 Å². The Labute approximate surface area is 174 Å². The maximum Gasteiger partial charge on any atom is 0.228 e. The molecule has 0 aliphatic rings. The second kappa shape index (κ2) is 7.84. The fraction of sp³-hybridized carbons (Fsp3) is 0.0769. The van der Waals surface area contributed by atoms with Crippen molar-refractivity contribution in [1.82, 2.24) is 0 Å². The minimum Gasteiger partial charge on any atom is -0.507 e. The van der Waals surface area contributed by atoms with E-state index in [9.17, 15) is 14.7 Å². The van der Waals surface area contributed by atoms with Crippen molar-refractivity contribution in [2.24, 2.45) is 0 Å². The molecule has 0 saturated heterocycles. The van der Waals surface area contributed by atoms with Gasteiger partial charge < -0.3 is 9.52 Å². The third-order valence-electron chi connectivity index (χ3n) is 5.07. The van der Waals surface area contributed by atoms with E-state index in [2.05, 4.69) is 0 Å². The Morgan fingerprint density at radius 1 is 0.933 bits per heavy atom. The number of phenols is 1. The zero-order chi connectivity index (χ0) is 21.3. The molecule has 148 valence electrons. The van der Waals surface area contributed by atoms with Gasteiger partial charge in [0.15, 0.2) is 11.5 Å². The van der Waals surface area contributed by atoms with Crippen molar-refractivity contribution in [2.45, 2.75) is 13.8 Å². The van der Waals surface area contributed by atoms with Gasteiger partial charge in [-0.15, -0.1) is 0 Å².